The van der Waals surface area contributed by atoms with Gasteiger partial charge in [-0.15, -0.1) is 0 Å². The highest BCUT2D eigenvalue weighted by Crippen LogP contribution is 2.36. The summed E-state index contributed by atoms with van der Waals surface area (Å²) in [6.45, 7) is 6.06. The van der Waals surface area contributed by atoms with E-state index in [1.807, 2.05) is 74.5 Å². The van der Waals surface area contributed by atoms with E-state index in [0.29, 0.717) is 21.2 Å². The molecule has 0 amide bonds. The molecule has 1 N–H and O–H groups in total. The first-order chi connectivity index (χ1) is 16.0. The second-order valence-corrected chi connectivity index (χ2v) is 9.32. The normalized spacial score (nSPS) is 10.9. The van der Waals surface area contributed by atoms with E-state index < -0.39 is 5.97 Å². The van der Waals surface area contributed by atoms with E-state index in [2.05, 4.69) is 9.69 Å². The van der Waals surface area contributed by atoms with E-state index in [-0.39, 0.29) is 18.1 Å². The Balaban J connectivity index is 1.57. The summed E-state index contributed by atoms with van der Waals surface area (Å²) >= 11 is 2.46. The van der Waals surface area contributed by atoms with Crippen LogP contribution in [0.5, 0.6) is 0 Å². The van der Waals surface area contributed by atoms with Gasteiger partial charge in [0.05, 0.1) is 12.4 Å². The number of hydrogen-bond donors (Lipinski definition) is 1. The van der Waals surface area contributed by atoms with E-state index in [0.717, 1.165) is 27.6 Å². The van der Waals surface area contributed by atoms with Crippen molar-refractivity contribution < 1.29 is 14.3 Å². The maximum atomic E-state index is 12.9. The Bertz CT molecular complexity index is 1310. The molecule has 4 rings (SSSR count). The van der Waals surface area contributed by atoms with Crippen LogP contribution in [0.25, 0.3) is 10.8 Å². The highest BCUT2D eigenvalue weighted by Gasteiger charge is 2.24. The zero-order valence-electron chi connectivity index (χ0n) is 18.7. The summed E-state index contributed by atoms with van der Waals surface area (Å²) < 4.78 is 9.77. The minimum absolute atomic E-state index is 0.0159. The second kappa shape index (κ2) is 10.2. The maximum Gasteiger partial charge on any atom is 0.343 e. The van der Waals surface area contributed by atoms with Gasteiger partial charge in [-0.3, -0.25) is 4.79 Å². The van der Waals surface area contributed by atoms with Gasteiger partial charge in [-0.1, -0.05) is 66.4 Å². The molecule has 4 aromatic rings. The van der Waals surface area contributed by atoms with Crippen LogP contribution in [-0.2, 0) is 4.74 Å². The number of ether oxygens (including phenoxy) is 1. The van der Waals surface area contributed by atoms with Crippen molar-refractivity contribution in [3.8, 4) is 0 Å². The van der Waals surface area contributed by atoms with Crippen molar-refractivity contribution in [2.45, 2.75) is 25.8 Å². The Hall–Kier alpha value is -3.16. The molecular formula is C26H24N2O3S2. The summed E-state index contributed by atoms with van der Waals surface area (Å²) in [5, 5.41) is 6.60. The highest BCUT2D eigenvalue weighted by atomic mass is 32.2. The lowest BCUT2D eigenvalue weighted by Crippen LogP contribution is -2.09. The number of ketones is 1. The third kappa shape index (κ3) is 5.10. The number of para-hydroxylation sites is 1. The fourth-order valence-corrected chi connectivity index (χ4v) is 5.38. The number of aromatic nitrogens is 1. The van der Waals surface area contributed by atoms with Crippen molar-refractivity contribution in [2.24, 2.45) is 0 Å². The number of rotatable bonds is 8. The molecule has 0 spiro atoms. The number of thioether (sulfide) groups is 1. The van der Waals surface area contributed by atoms with E-state index in [1.54, 1.807) is 6.92 Å². The van der Waals surface area contributed by atoms with Crippen molar-refractivity contribution in [3.05, 3.63) is 82.9 Å². The fourth-order valence-electron chi connectivity index (χ4n) is 3.55. The Kier molecular flexibility index (Phi) is 7.11. The average Bonchev–Trinajstić information content (AvgIpc) is 3.22. The van der Waals surface area contributed by atoms with E-state index >= 15 is 0 Å². The molecule has 0 fully saturated rings. The molecule has 0 saturated heterocycles. The van der Waals surface area contributed by atoms with Crippen LogP contribution in [0.2, 0.25) is 0 Å². The quantitative estimate of drug-likeness (QED) is 0.171. The average molecular weight is 477 g/mol. The number of fused-ring (bicyclic) bond motifs is 1. The summed E-state index contributed by atoms with van der Waals surface area (Å²) in [4.78, 5) is 25.7. The molecule has 3 aromatic carbocycles. The van der Waals surface area contributed by atoms with Gasteiger partial charge in [0.15, 0.2) is 5.78 Å². The summed E-state index contributed by atoms with van der Waals surface area (Å²) in [6.07, 6.45) is 0. The van der Waals surface area contributed by atoms with Crippen molar-refractivity contribution in [1.82, 2.24) is 4.37 Å². The smallest absolute Gasteiger partial charge is 0.343 e. The van der Waals surface area contributed by atoms with Gasteiger partial charge in [-0.25, -0.2) is 4.79 Å². The number of carbonyl (C=O) groups excluding carboxylic acids is 2. The number of Topliss-reactive ketones (excluding diaryl/α,β-unsaturated/α-hetero) is 1. The van der Waals surface area contributed by atoms with Crippen molar-refractivity contribution in [1.29, 1.82) is 0 Å². The van der Waals surface area contributed by atoms with Crippen molar-refractivity contribution in [2.75, 3.05) is 17.7 Å². The van der Waals surface area contributed by atoms with Crippen LogP contribution >= 0.6 is 23.3 Å². The summed E-state index contributed by atoms with van der Waals surface area (Å²) in [7, 11) is 0. The summed E-state index contributed by atoms with van der Waals surface area (Å²) in [5.41, 5.74) is 4.09. The van der Waals surface area contributed by atoms with Crippen LogP contribution in [0, 0.1) is 13.8 Å². The molecule has 168 valence electrons. The molecule has 1 aromatic heterocycles. The SMILES string of the molecule is CCOC(=O)c1c(SCC(=O)c2ccc3ccccc3c2)nsc1Nc1c(C)cccc1C. The Labute approximate surface area is 201 Å². The number of nitrogens with zero attached hydrogens (tertiary/aromatic N) is 1. The molecular weight excluding hydrogens is 452 g/mol. The summed E-state index contributed by atoms with van der Waals surface area (Å²) in [5.74, 6) is -0.282. The molecule has 0 radical (unpaired) electrons. The van der Waals surface area contributed by atoms with E-state index in [4.69, 9.17) is 4.74 Å². The molecule has 0 aliphatic heterocycles. The first-order valence-corrected chi connectivity index (χ1v) is 12.4. The van der Waals surface area contributed by atoms with Gasteiger partial charge < -0.3 is 10.1 Å². The predicted octanol–water partition coefficient (Wildman–Crippen LogP) is 6.81. The number of hydrogen-bond acceptors (Lipinski definition) is 7. The highest BCUT2D eigenvalue weighted by molar-refractivity contribution is 8.00. The molecule has 0 aliphatic carbocycles. The molecule has 1 heterocycles. The van der Waals surface area contributed by atoms with Crippen LogP contribution in [0.15, 0.2) is 65.7 Å². The van der Waals surface area contributed by atoms with Crippen LogP contribution < -0.4 is 5.32 Å². The zero-order chi connectivity index (χ0) is 23.4. The standard InChI is InChI=1S/C26H24N2O3S2/c1-4-31-26(30)22-24(27-23-16(2)8-7-9-17(23)3)33-28-25(22)32-15-21(29)20-13-12-18-10-5-6-11-19(18)14-20/h5-14,27H,4,15H2,1-3H3. The van der Waals surface area contributed by atoms with E-state index in [1.165, 1.54) is 23.3 Å². The number of aryl methyl sites for hydroxylation is 2. The molecule has 0 saturated carbocycles. The van der Waals surface area contributed by atoms with Gasteiger partial charge in [0.25, 0.3) is 0 Å². The second-order valence-electron chi connectivity index (χ2n) is 7.58. The predicted molar refractivity (Wildman–Crippen MR) is 136 cm³/mol. The Morgan fingerprint density at radius 2 is 1.73 bits per heavy atom. The van der Waals surface area contributed by atoms with Gasteiger partial charge in [-0.2, -0.15) is 4.37 Å². The number of esters is 1. The molecule has 33 heavy (non-hydrogen) atoms. The third-order valence-electron chi connectivity index (χ3n) is 5.27. The molecule has 7 heteroatoms. The number of carbonyl (C=O) groups is 2. The molecule has 0 aliphatic rings. The lowest BCUT2D eigenvalue weighted by molar-refractivity contribution is 0.0523. The van der Waals surface area contributed by atoms with E-state index in [9.17, 15) is 9.59 Å². The largest absolute Gasteiger partial charge is 0.462 e. The molecule has 0 bridgehead atoms. The Morgan fingerprint density at radius 3 is 2.45 bits per heavy atom. The van der Waals surface area contributed by atoms with Gasteiger partial charge in [0.2, 0.25) is 0 Å². The number of anilines is 2. The van der Waals surface area contributed by atoms with Crippen molar-refractivity contribution in [3.63, 3.8) is 0 Å². The lowest BCUT2D eigenvalue weighted by atomic mass is 10.1. The fraction of sp³-hybridized carbons (Fsp3) is 0.192. The van der Waals surface area contributed by atoms with Crippen LogP contribution in [0.3, 0.4) is 0 Å². The summed E-state index contributed by atoms with van der Waals surface area (Å²) in [6, 6.07) is 19.7. The maximum absolute atomic E-state index is 12.9. The van der Waals surface area contributed by atoms with Crippen molar-refractivity contribution >= 4 is 56.5 Å². The van der Waals surface area contributed by atoms with Crippen LogP contribution in [-0.4, -0.2) is 28.5 Å². The number of nitrogens with one attached hydrogen (secondary N) is 1. The van der Waals surface area contributed by atoms with Crippen LogP contribution in [0.4, 0.5) is 10.7 Å². The Morgan fingerprint density at radius 1 is 1.00 bits per heavy atom. The van der Waals surface area contributed by atoms with Gasteiger partial charge in [0, 0.05) is 11.3 Å². The van der Waals surface area contributed by atoms with Gasteiger partial charge in [-0.05, 0) is 60.3 Å². The van der Waals surface area contributed by atoms with Crippen LogP contribution in [0.1, 0.15) is 38.8 Å². The topological polar surface area (TPSA) is 68.3 Å². The lowest BCUT2D eigenvalue weighted by Gasteiger charge is -2.12. The monoisotopic (exact) mass is 476 g/mol. The molecule has 0 unspecified atom stereocenters. The zero-order valence-corrected chi connectivity index (χ0v) is 20.3. The molecule has 5 nitrogen and oxygen atoms in total. The number of benzene rings is 3. The van der Waals surface area contributed by atoms with Gasteiger partial charge in [0.1, 0.15) is 15.6 Å². The first-order valence-electron chi connectivity index (χ1n) is 10.6. The minimum atomic E-state index is -0.444. The van der Waals surface area contributed by atoms with Gasteiger partial charge >= 0.3 is 5.97 Å². The third-order valence-corrected chi connectivity index (χ3v) is 7.12. The first kappa shape index (κ1) is 23.0. The molecule has 0 atom stereocenters. The minimum Gasteiger partial charge on any atom is -0.462 e.